The Morgan fingerprint density at radius 1 is 1.15 bits per heavy atom. The predicted molar refractivity (Wildman–Crippen MR) is 81.3 cm³/mol. The van der Waals surface area contributed by atoms with Crippen LogP contribution in [-0.2, 0) is 19.4 Å². The number of nitrogens with zero attached hydrogens (tertiary/aromatic N) is 2. The third-order valence-electron chi connectivity index (χ3n) is 4.99. The van der Waals surface area contributed by atoms with Gasteiger partial charge in [0.15, 0.2) is 0 Å². The first-order valence-corrected chi connectivity index (χ1v) is 7.91. The van der Waals surface area contributed by atoms with Gasteiger partial charge in [0, 0.05) is 13.1 Å². The molecule has 2 aliphatic rings. The van der Waals surface area contributed by atoms with Crippen molar-refractivity contribution in [3.8, 4) is 6.07 Å². The molecule has 1 aromatic rings. The summed E-state index contributed by atoms with van der Waals surface area (Å²) in [6.07, 6.45) is 8.56. The van der Waals surface area contributed by atoms with Gasteiger partial charge in [0.1, 0.15) is 0 Å². The highest BCUT2D eigenvalue weighted by Crippen LogP contribution is 2.40. The molecular weight excluding hydrogens is 244 g/mol. The molecule has 0 radical (unpaired) electrons. The van der Waals surface area contributed by atoms with Gasteiger partial charge < -0.3 is 4.90 Å². The van der Waals surface area contributed by atoms with E-state index in [0.717, 1.165) is 25.9 Å². The van der Waals surface area contributed by atoms with Crippen molar-refractivity contribution in [2.75, 3.05) is 13.6 Å². The molecule has 1 saturated carbocycles. The minimum atomic E-state index is -0.0526. The molecule has 1 aromatic carbocycles. The van der Waals surface area contributed by atoms with Gasteiger partial charge in [0.2, 0.25) is 0 Å². The zero-order valence-corrected chi connectivity index (χ0v) is 12.5. The van der Waals surface area contributed by atoms with Crippen molar-refractivity contribution in [1.29, 1.82) is 5.26 Å². The summed E-state index contributed by atoms with van der Waals surface area (Å²) in [6.45, 7) is 1.89. The van der Waals surface area contributed by atoms with E-state index in [4.69, 9.17) is 0 Å². The molecule has 2 nitrogen and oxygen atoms in total. The summed E-state index contributed by atoms with van der Waals surface area (Å²) in [4.78, 5) is 2.33. The lowest BCUT2D eigenvalue weighted by Crippen LogP contribution is -2.39. The van der Waals surface area contributed by atoms with Crippen LogP contribution in [0.2, 0.25) is 0 Å². The minimum absolute atomic E-state index is 0.0526. The summed E-state index contributed by atoms with van der Waals surface area (Å²) in [5.74, 6) is 0. The molecule has 0 aliphatic heterocycles. The van der Waals surface area contributed by atoms with E-state index in [9.17, 15) is 5.26 Å². The van der Waals surface area contributed by atoms with Crippen LogP contribution in [0.5, 0.6) is 0 Å². The first-order valence-electron chi connectivity index (χ1n) is 7.91. The number of hydrogen-bond donors (Lipinski definition) is 0. The molecule has 0 heterocycles. The van der Waals surface area contributed by atoms with Gasteiger partial charge in [0.25, 0.3) is 0 Å². The SMILES string of the molecule is CN(Cc1ccc2c(c1)CCCC2)CC1(C#N)CCC1. The van der Waals surface area contributed by atoms with Crippen molar-refractivity contribution < 1.29 is 0 Å². The van der Waals surface area contributed by atoms with Crippen molar-refractivity contribution >= 4 is 0 Å². The fourth-order valence-electron chi connectivity index (χ4n) is 3.68. The van der Waals surface area contributed by atoms with E-state index >= 15 is 0 Å². The maximum absolute atomic E-state index is 9.33. The largest absolute Gasteiger partial charge is 0.301 e. The lowest BCUT2D eigenvalue weighted by Gasteiger charge is -2.38. The molecule has 0 unspecified atom stereocenters. The van der Waals surface area contributed by atoms with Crippen LogP contribution in [0, 0.1) is 16.7 Å². The third-order valence-corrected chi connectivity index (χ3v) is 4.99. The maximum atomic E-state index is 9.33. The fourth-order valence-corrected chi connectivity index (χ4v) is 3.68. The van der Waals surface area contributed by atoms with Crippen LogP contribution in [-0.4, -0.2) is 18.5 Å². The summed E-state index contributed by atoms with van der Waals surface area (Å²) in [6, 6.07) is 9.53. The van der Waals surface area contributed by atoms with Crippen LogP contribution in [0.15, 0.2) is 18.2 Å². The Balaban J connectivity index is 1.64. The smallest absolute Gasteiger partial charge is 0.0703 e. The standard InChI is InChI=1S/C18H24N2/c1-20(14-18(13-19)9-4-10-18)12-15-7-8-16-5-2-3-6-17(16)11-15/h7-8,11H,2-6,9-10,12,14H2,1H3. The second kappa shape index (κ2) is 5.58. The Hall–Kier alpha value is -1.33. The van der Waals surface area contributed by atoms with Crippen LogP contribution in [0.25, 0.3) is 0 Å². The van der Waals surface area contributed by atoms with E-state index in [0.29, 0.717) is 0 Å². The summed E-state index contributed by atoms with van der Waals surface area (Å²) in [5, 5.41) is 9.33. The van der Waals surface area contributed by atoms with Gasteiger partial charge in [-0.15, -0.1) is 0 Å². The fraction of sp³-hybridized carbons (Fsp3) is 0.611. The minimum Gasteiger partial charge on any atom is -0.301 e. The Labute approximate surface area is 122 Å². The summed E-state index contributed by atoms with van der Waals surface area (Å²) < 4.78 is 0. The molecule has 0 atom stereocenters. The Morgan fingerprint density at radius 3 is 2.55 bits per heavy atom. The predicted octanol–water partition coefficient (Wildman–Crippen LogP) is 3.69. The van der Waals surface area contributed by atoms with E-state index in [2.05, 4.69) is 36.2 Å². The van der Waals surface area contributed by atoms with Crippen molar-refractivity contribution in [3.63, 3.8) is 0 Å². The van der Waals surface area contributed by atoms with Crippen LogP contribution in [0.1, 0.15) is 48.8 Å². The molecule has 0 bridgehead atoms. The lowest BCUT2D eigenvalue weighted by atomic mass is 9.69. The number of fused-ring (bicyclic) bond motifs is 1. The second-order valence-corrected chi connectivity index (χ2v) is 6.73. The number of nitriles is 1. The van der Waals surface area contributed by atoms with Crippen molar-refractivity contribution in [2.45, 2.75) is 51.5 Å². The average Bonchev–Trinajstić information content (AvgIpc) is 2.43. The highest BCUT2D eigenvalue weighted by atomic mass is 15.1. The van der Waals surface area contributed by atoms with Gasteiger partial charge in [-0.1, -0.05) is 24.6 Å². The Kier molecular flexibility index (Phi) is 3.81. The molecule has 0 spiro atoms. The van der Waals surface area contributed by atoms with Gasteiger partial charge in [-0.3, -0.25) is 0 Å². The molecule has 2 heteroatoms. The van der Waals surface area contributed by atoms with E-state index in [1.807, 2.05) is 0 Å². The average molecular weight is 268 g/mol. The van der Waals surface area contributed by atoms with Crippen molar-refractivity contribution in [3.05, 3.63) is 34.9 Å². The molecule has 0 aromatic heterocycles. The molecular formula is C18H24N2. The van der Waals surface area contributed by atoms with Crippen LogP contribution < -0.4 is 0 Å². The number of hydrogen-bond acceptors (Lipinski definition) is 2. The van der Waals surface area contributed by atoms with Crippen LogP contribution >= 0.6 is 0 Å². The molecule has 2 aliphatic carbocycles. The Bertz CT molecular complexity index is 523. The normalized spacial score (nSPS) is 20.1. The maximum Gasteiger partial charge on any atom is 0.0703 e. The quantitative estimate of drug-likeness (QED) is 0.832. The molecule has 3 rings (SSSR count). The second-order valence-electron chi connectivity index (χ2n) is 6.73. The van der Waals surface area contributed by atoms with E-state index in [-0.39, 0.29) is 5.41 Å². The number of rotatable bonds is 4. The molecule has 1 fully saturated rings. The summed E-state index contributed by atoms with van der Waals surface area (Å²) in [5.41, 5.74) is 4.46. The topological polar surface area (TPSA) is 27.0 Å². The zero-order valence-electron chi connectivity index (χ0n) is 12.5. The highest BCUT2D eigenvalue weighted by molar-refractivity contribution is 5.33. The summed E-state index contributed by atoms with van der Waals surface area (Å²) in [7, 11) is 2.15. The highest BCUT2D eigenvalue weighted by Gasteiger charge is 2.37. The van der Waals surface area contributed by atoms with E-state index in [1.165, 1.54) is 37.7 Å². The van der Waals surface area contributed by atoms with Crippen molar-refractivity contribution in [1.82, 2.24) is 4.90 Å². The molecule has 0 amide bonds. The van der Waals surface area contributed by atoms with Gasteiger partial charge in [-0.2, -0.15) is 5.26 Å². The number of benzene rings is 1. The Morgan fingerprint density at radius 2 is 1.90 bits per heavy atom. The van der Waals surface area contributed by atoms with Gasteiger partial charge in [0.05, 0.1) is 11.5 Å². The van der Waals surface area contributed by atoms with Crippen LogP contribution in [0.4, 0.5) is 0 Å². The van der Waals surface area contributed by atoms with Gasteiger partial charge >= 0.3 is 0 Å². The first kappa shape index (κ1) is 13.6. The number of aryl methyl sites for hydroxylation is 2. The van der Waals surface area contributed by atoms with Crippen molar-refractivity contribution in [2.24, 2.45) is 5.41 Å². The van der Waals surface area contributed by atoms with Gasteiger partial charge in [-0.05, 0) is 62.3 Å². The summed E-state index contributed by atoms with van der Waals surface area (Å²) >= 11 is 0. The lowest BCUT2D eigenvalue weighted by molar-refractivity contribution is 0.134. The monoisotopic (exact) mass is 268 g/mol. The van der Waals surface area contributed by atoms with E-state index in [1.54, 1.807) is 11.1 Å². The van der Waals surface area contributed by atoms with Gasteiger partial charge in [-0.25, -0.2) is 0 Å². The third kappa shape index (κ3) is 2.74. The van der Waals surface area contributed by atoms with E-state index < -0.39 is 0 Å². The molecule has 20 heavy (non-hydrogen) atoms. The molecule has 106 valence electrons. The van der Waals surface area contributed by atoms with Crippen LogP contribution in [0.3, 0.4) is 0 Å². The molecule has 0 N–H and O–H groups in total. The first-order chi connectivity index (χ1) is 9.71. The zero-order chi connectivity index (χ0) is 14.0. The molecule has 0 saturated heterocycles.